The van der Waals surface area contributed by atoms with Crippen molar-refractivity contribution in [3.8, 4) is 6.07 Å². The fourth-order valence-corrected chi connectivity index (χ4v) is 5.24. The van der Waals surface area contributed by atoms with E-state index in [1.54, 1.807) is 0 Å². The van der Waals surface area contributed by atoms with Crippen molar-refractivity contribution >= 4 is 9.84 Å². The van der Waals surface area contributed by atoms with Gasteiger partial charge in [-0.25, -0.2) is 17.2 Å². The second-order valence-corrected chi connectivity index (χ2v) is 7.97. The molecule has 114 valence electrons. The Morgan fingerprint density at radius 3 is 2.24 bits per heavy atom. The fraction of sp³-hybridized carbons (Fsp3) is 0.533. The van der Waals surface area contributed by atoms with Gasteiger partial charge in [-0.3, -0.25) is 0 Å². The SMILES string of the molecule is CCC1(CC)CC(C#N)(S(=O)(=O)c2ccc(F)cc2F)C1. The second kappa shape index (κ2) is 5.06. The molecule has 0 bridgehead atoms. The summed E-state index contributed by atoms with van der Waals surface area (Å²) in [6.07, 6.45) is 1.94. The normalized spacial score (nSPS) is 19.6. The minimum atomic E-state index is -4.16. The van der Waals surface area contributed by atoms with E-state index >= 15 is 0 Å². The summed E-state index contributed by atoms with van der Waals surface area (Å²) in [5.41, 5.74) is -0.181. The van der Waals surface area contributed by atoms with Gasteiger partial charge in [0.2, 0.25) is 0 Å². The van der Waals surface area contributed by atoms with Crippen molar-refractivity contribution in [3.63, 3.8) is 0 Å². The van der Waals surface area contributed by atoms with Gasteiger partial charge in [0.25, 0.3) is 0 Å². The molecule has 1 aromatic rings. The van der Waals surface area contributed by atoms with E-state index in [9.17, 15) is 22.5 Å². The lowest BCUT2D eigenvalue weighted by Gasteiger charge is -2.51. The molecule has 0 N–H and O–H groups in total. The van der Waals surface area contributed by atoms with Gasteiger partial charge in [0, 0.05) is 6.07 Å². The van der Waals surface area contributed by atoms with Crippen LogP contribution in [0.15, 0.2) is 23.1 Å². The second-order valence-electron chi connectivity index (χ2n) is 5.74. The lowest BCUT2D eigenvalue weighted by Crippen LogP contribution is -2.55. The number of halogens is 2. The van der Waals surface area contributed by atoms with Gasteiger partial charge in [0.1, 0.15) is 16.5 Å². The van der Waals surface area contributed by atoms with Gasteiger partial charge in [-0.15, -0.1) is 0 Å². The van der Waals surface area contributed by atoms with E-state index in [-0.39, 0.29) is 18.3 Å². The zero-order valence-corrected chi connectivity index (χ0v) is 12.8. The van der Waals surface area contributed by atoms with Crippen molar-refractivity contribution in [1.29, 1.82) is 5.26 Å². The topological polar surface area (TPSA) is 57.9 Å². The summed E-state index contributed by atoms with van der Waals surface area (Å²) >= 11 is 0. The number of nitriles is 1. The zero-order chi connectivity index (χ0) is 15.9. The largest absolute Gasteiger partial charge is 0.222 e. The maximum Gasteiger partial charge on any atom is 0.200 e. The summed E-state index contributed by atoms with van der Waals surface area (Å²) in [6, 6.07) is 4.20. The third-order valence-corrected chi connectivity index (χ3v) is 7.04. The average Bonchev–Trinajstić information content (AvgIpc) is 2.38. The molecule has 0 saturated heterocycles. The van der Waals surface area contributed by atoms with Gasteiger partial charge in [0.15, 0.2) is 14.6 Å². The molecule has 0 radical (unpaired) electrons. The monoisotopic (exact) mass is 313 g/mol. The zero-order valence-electron chi connectivity index (χ0n) is 12.0. The first kappa shape index (κ1) is 15.9. The number of benzene rings is 1. The molecule has 0 atom stereocenters. The van der Waals surface area contributed by atoms with Crippen LogP contribution in [0.1, 0.15) is 39.5 Å². The third kappa shape index (κ3) is 2.24. The summed E-state index contributed by atoms with van der Waals surface area (Å²) in [5, 5.41) is 9.38. The predicted octanol–water partition coefficient (Wildman–Crippen LogP) is 3.60. The van der Waals surface area contributed by atoms with Crippen LogP contribution in [-0.2, 0) is 9.84 Å². The van der Waals surface area contributed by atoms with E-state index in [0.717, 1.165) is 25.0 Å². The molecule has 0 spiro atoms. The molecule has 0 heterocycles. The van der Waals surface area contributed by atoms with Crippen LogP contribution in [0, 0.1) is 28.4 Å². The van der Waals surface area contributed by atoms with Crippen LogP contribution in [0.2, 0.25) is 0 Å². The van der Waals surface area contributed by atoms with Crippen LogP contribution in [0.3, 0.4) is 0 Å². The number of rotatable bonds is 4. The van der Waals surface area contributed by atoms with Gasteiger partial charge in [-0.2, -0.15) is 5.26 Å². The van der Waals surface area contributed by atoms with Gasteiger partial charge in [0.05, 0.1) is 6.07 Å². The third-order valence-electron chi connectivity index (χ3n) is 4.72. The predicted molar refractivity (Wildman–Crippen MR) is 74.1 cm³/mol. The van der Waals surface area contributed by atoms with Crippen LogP contribution >= 0.6 is 0 Å². The van der Waals surface area contributed by atoms with E-state index in [1.807, 2.05) is 19.9 Å². The van der Waals surface area contributed by atoms with E-state index in [0.29, 0.717) is 6.07 Å². The van der Waals surface area contributed by atoms with Crippen molar-refractivity contribution in [1.82, 2.24) is 0 Å². The Bertz CT molecular complexity index is 695. The van der Waals surface area contributed by atoms with Crippen molar-refractivity contribution < 1.29 is 17.2 Å². The minimum absolute atomic E-state index is 0.181. The highest BCUT2D eigenvalue weighted by molar-refractivity contribution is 7.93. The van der Waals surface area contributed by atoms with Crippen LogP contribution in [0.25, 0.3) is 0 Å². The Labute approximate surface area is 123 Å². The van der Waals surface area contributed by atoms with Gasteiger partial charge < -0.3 is 0 Å². The van der Waals surface area contributed by atoms with Crippen molar-refractivity contribution in [2.24, 2.45) is 5.41 Å². The summed E-state index contributed by atoms with van der Waals surface area (Å²) in [7, 11) is -4.16. The Balaban J connectivity index is 2.47. The molecule has 1 saturated carbocycles. The molecule has 3 nitrogen and oxygen atoms in total. The fourth-order valence-electron chi connectivity index (χ4n) is 3.14. The molecular weight excluding hydrogens is 296 g/mol. The molecule has 1 fully saturated rings. The Morgan fingerprint density at radius 1 is 1.24 bits per heavy atom. The van der Waals surface area contributed by atoms with E-state index in [2.05, 4.69) is 0 Å². The highest BCUT2D eigenvalue weighted by Gasteiger charge is 2.61. The smallest absolute Gasteiger partial charge is 0.200 e. The molecular formula is C15H17F2NO2S. The van der Waals surface area contributed by atoms with Crippen LogP contribution in [0.5, 0.6) is 0 Å². The van der Waals surface area contributed by atoms with E-state index < -0.39 is 31.1 Å². The first-order chi connectivity index (χ1) is 9.76. The first-order valence-corrected chi connectivity index (χ1v) is 8.35. The lowest BCUT2D eigenvalue weighted by molar-refractivity contribution is 0.0925. The lowest BCUT2D eigenvalue weighted by atomic mass is 9.59. The summed E-state index contributed by atoms with van der Waals surface area (Å²) < 4.78 is 50.4. The quantitative estimate of drug-likeness (QED) is 0.798. The highest BCUT2D eigenvalue weighted by atomic mass is 32.2. The highest BCUT2D eigenvalue weighted by Crippen LogP contribution is 2.57. The van der Waals surface area contributed by atoms with E-state index in [1.165, 1.54) is 0 Å². The average molecular weight is 313 g/mol. The molecule has 0 aliphatic heterocycles. The maximum atomic E-state index is 13.8. The number of hydrogen-bond donors (Lipinski definition) is 0. The number of nitrogens with zero attached hydrogens (tertiary/aromatic N) is 1. The molecule has 2 rings (SSSR count). The molecule has 1 aromatic carbocycles. The Hall–Kier alpha value is -1.48. The van der Waals surface area contributed by atoms with Crippen molar-refractivity contribution in [3.05, 3.63) is 29.8 Å². The summed E-state index contributed by atoms with van der Waals surface area (Å²) in [5.74, 6) is -1.99. The molecule has 0 aromatic heterocycles. The number of sulfone groups is 1. The summed E-state index contributed by atoms with van der Waals surface area (Å²) in [6.45, 7) is 3.91. The van der Waals surface area contributed by atoms with Crippen LogP contribution in [0.4, 0.5) is 8.78 Å². The van der Waals surface area contributed by atoms with E-state index in [4.69, 9.17) is 0 Å². The first-order valence-electron chi connectivity index (χ1n) is 6.87. The van der Waals surface area contributed by atoms with Crippen LogP contribution in [-0.4, -0.2) is 13.2 Å². The maximum absolute atomic E-state index is 13.8. The minimum Gasteiger partial charge on any atom is -0.222 e. The van der Waals surface area contributed by atoms with Gasteiger partial charge >= 0.3 is 0 Å². The van der Waals surface area contributed by atoms with Gasteiger partial charge in [-0.05, 0) is 30.4 Å². The van der Waals surface area contributed by atoms with Crippen molar-refractivity contribution in [2.75, 3.05) is 0 Å². The van der Waals surface area contributed by atoms with Crippen molar-refractivity contribution in [2.45, 2.75) is 49.2 Å². The molecule has 1 aliphatic rings. The molecule has 1 aliphatic carbocycles. The van der Waals surface area contributed by atoms with Gasteiger partial charge in [-0.1, -0.05) is 26.7 Å². The van der Waals surface area contributed by atoms with Crippen LogP contribution < -0.4 is 0 Å². The molecule has 0 unspecified atom stereocenters. The standard InChI is InChI=1S/C15H17F2NO2S/c1-3-14(4-2)8-15(9-14,10-18)21(19,20)13-6-5-11(16)7-12(13)17/h5-7H,3-4,8-9H2,1-2H3. The Morgan fingerprint density at radius 2 is 1.81 bits per heavy atom. The molecule has 0 amide bonds. The summed E-state index contributed by atoms with van der Waals surface area (Å²) in [4.78, 5) is -0.591. The number of hydrogen-bond acceptors (Lipinski definition) is 3. The Kier molecular flexibility index (Phi) is 3.83. The molecule has 21 heavy (non-hydrogen) atoms. The molecule has 6 heteroatoms.